The number of para-hydroxylation sites is 1. The van der Waals surface area contributed by atoms with Crippen molar-refractivity contribution in [1.29, 1.82) is 0 Å². The van der Waals surface area contributed by atoms with Crippen molar-refractivity contribution in [2.24, 2.45) is 5.92 Å². The molecule has 2 N–H and O–H groups in total. The molecule has 0 aliphatic rings. The Labute approximate surface area is 143 Å². The fourth-order valence-electron chi connectivity index (χ4n) is 1.65. The molecule has 9 heteroatoms. The van der Waals surface area contributed by atoms with Gasteiger partial charge in [-0.25, -0.2) is 4.68 Å². The molecule has 2 rings (SSSR count). The second kappa shape index (κ2) is 7.43. The van der Waals surface area contributed by atoms with Crippen LogP contribution in [0.1, 0.15) is 13.8 Å². The predicted octanol–water partition coefficient (Wildman–Crippen LogP) is 2.82. The van der Waals surface area contributed by atoms with Gasteiger partial charge in [0.15, 0.2) is 5.82 Å². The van der Waals surface area contributed by atoms with Crippen molar-refractivity contribution in [3.63, 3.8) is 0 Å². The number of carbonyl (C=O) groups excluding carboxylic acids is 2. The Kier molecular flexibility index (Phi) is 5.57. The number of carbonyl (C=O) groups is 2. The van der Waals surface area contributed by atoms with Crippen LogP contribution in [0.3, 0.4) is 0 Å². The number of hydrogen-bond acceptors (Lipinski definition) is 4. The van der Waals surface area contributed by atoms with Crippen molar-refractivity contribution in [1.82, 2.24) is 15.0 Å². The Bertz CT molecular complexity index is 709. The molecule has 0 bridgehead atoms. The van der Waals surface area contributed by atoms with Crippen LogP contribution in [0.15, 0.2) is 24.4 Å². The summed E-state index contributed by atoms with van der Waals surface area (Å²) in [5.74, 6) is -0.436. The van der Waals surface area contributed by atoms with E-state index in [9.17, 15) is 9.59 Å². The second-order valence-corrected chi connectivity index (χ2v) is 5.90. The van der Waals surface area contributed by atoms with Crippen molar-refractivity contribution >= 4 is 46.5 Å². The van der Waals surface area contributed by atoms with E-state index < -0.39 is 0 Å². The van der Waals surface area contributed by atoms with Crippen LogP contribution in [-0.2, 0) is 16.1 Å². The molecule has 0 saturated heterocycles. The summed E-state index contributed by atoms with van der Waals surface area (Å²) in [6, 6.07) is 4.93. The maximum absolute atomic E-state index is 12.0. The monoisotopic (exact) mass is 355 g/mol. The average Bonchev–Trinajstić information content (AvgIpc) is 2.90. The lowest BCUT2D eigenvalue weighted by atomic mass is 10.2. The van der Waals surface area contributed by atoms with Crippen molar-refractivity contribution < 1.29 is 9.59 Å². The minimum atomic E-state index is -0.369. The largest absolute Gasteiger partial charge is 0.322 e. The molecule has 0 unspecified atom stereocenters. The zero-order valence-electron chi connectivity index (χ0n) is 12.5. The van der Waals surface area contributed by atoms with Gasteiger partial charge < -0.3 is 10.6 Å². The molecule has 0 spiro atoms. The van der Waals surface area contributed by atoms with Gasteiger partial charge in [-0.3, -0.25) is 9.59 Å². The van der Waals surface area contributed by atoms with E-state index in [-0.39, 0.29) is 30.1 Å². The van der Waals surface area contributed by atoms with Crippen LogP contribution < -0.4 is 10.6 Å². The van der Waals surface area contributed by atoms with E-state index in [0.717, 1.165) is 0 Å². The summed E-state index contributed by atoms with van der Waals surface area (Å²) in [6.07, 6.45) is 1.47. The number of rotatable bonds is 5. The van der Waals surface area contributed by atoms with Gasteiger partial charge in [0.25, 0.3) is 0 Å². The predicted molar refractivity (Wildman–Crippen MR) is 88.6 cm³/mol. The minimum absolute atomic E-state index is 0.0912. The number of hydrogen-bond donors (Lipinski definition) is 2. The molecule has 2 aromatic rings. The Morgan fingerprint density at radius 2 is 1.87 bits per heavy atom. The first-order valence-corrected chi connectivity index (χ1v) is 7.57. The summed E-state index contributed by atoms with van der Waals surface area (Å²) in [5.41, 5.74) is 0.342. The van der Waals surface area contributed by atoms with Crippen LogP contribution >= 0.6 is 23.2 Å². The SMILES string of the molecule is CC(C)C(=O)Nc1cn(CC(=O)Nc2c(Cl)cccc2Cl)nn1. The van der Waals surface area contributed by atoms with E-state index in [1.165, 1.54) is 10.9 Å². The summed E-state index contributed by atoms with van der Waals surface area (Å²) >= 11 is 12.0. The Morgan fingerprint density at radius 3 is 2.48 bits per heavy atom. The van der Waals surface area contributed by atoms with Gasteiger partial charge in [0, 0.05) is 5.92 Å². The molecule has 2 amide bonds. The third kappa shape index (κ3) is 4.67. The van der Waals surface area contributed by atoms with Crippen molar-refractivity contribution in [3.05, 3.63) is 34.4 Å². The normalized spacial score (nSPS) is 10.7. The summed E-state index contributed by atoms with van der Waals surface area (Å²) < 4.78 is 1.30. The molecule has 0 aliphatic heterocycles. The fourth-order valence-corrected chi connectivity index (χ4v) is 2.14. The molecular weight excluding hydrogens is 341 g/mol. The lowest BCUT2D eigenvalue weighted by Crippen LogP contribution is -2.19. The van der Waals surface area contributed by atoms with Gasteiger partial charge in [-0.15, -0.1) is 5.10 Å². The van der Waals surface area contributed by atoms with Gasteiger partial charge in [0.2, 0.25) is 11.8 Å². The molecule has 1 aromatic carbocycles. The van der Waals surface area contributed by atoms with Crippen molar-refractivity contribution in [2.75, 3.05) is 10.6 Å². The first kappa shape index (κ1) is 17.2. The maximum atomic E-state index is 12.0. The molecule has 0 aliphatic carbocycles. The van der Waals surface area contributed by atoms with Gasteiger partial charge in [-0.1, -0.05) is 48.3 Å². The van der Waals surface area contributed by atoms with Gasteiger partial charge >= 0.3 is 0 Å². The molecule has 0 saturated carbocycles. The summed E-state index contributed by atoms with van der Waals surface area (Å²) in [7, 11) is 0. The molecule has 7 nitrogen and oxygen atoms in total. The third-order valence-electron chi connectivity index (χ3n) is 2.85. The molecule has 1 heterocycles. The van der Waals surface area contributed by atoms with Gasteiger partial charge in [0.05, 0.1) is 21.9 Å². The summed E-state index contributed by atoms with van der Waals surface area (Å²) in [5, 5.41) is 13.5. The number of nitrogens with zero attached hydrogens (tertiary/aromatic N) is 3. The number of aromatic nitrogens is 3. The Hall–Kier alpha value is -2.12. The number of amides is 2. The van der Waals surface area contributed by atoms with Gasteiger partial charge in [-0.05, 0) is 12.1 Å². The maximum Gasteiger partial charge on any atom is 0.246 e. The van der Waals surface area contributed by atoms with Crippen molar-refractivity contribution in [2.45, 2.75) is 20.4 Å². The van der Waals surface area contributed by atoms with Crippen LogP contribution in [0.25, 0.3) is 0 Å². The lowest BCUT2D eigenvalue weighted by molar-refractivity contribution is -0.119. The zero-order chi connectivity index (χ0) is 17.0. The highest BCUT2D eigenvalue weighted by Gasteiger charge is 2.13. The van der Waals surface area contributed by atoms with Crippen LogP contribution in [0.2, 0.25) is 10.0 Å². The van der Waals surface area contributed by atoms with E-state index in [4.69, 9.17) is 23.2 Å². The van der Waals surface area contributed by atoms with E-state index >= 15 is 0 Å². The second-order valence-electron chi connectivity index (χ2n) is 5.09. The van der Waals surface area contributed by atoms with E-state index in [1.807, 2.05) is 0 Å². The fraction of sp³-hybridized carbons (Fsp3) is 0.286. The lowest BCUT2D eigenvalue weighted by Gasteiger charge is -2.08. The smallest absolute Gasteiger partial charge is 0.246 e. The number of benzene rings is 1. The van der Waals surface area contributed by atoms with E-state index in [0.29, 0.717) is 15.7 Å². The molecule has 1 aromatic heterocycles. The first-order chi connectivity index (χ1) is 10.9. The first-order valence-electron chi connectivity index (χ1n) is 6.81. The number of halogens is 2. The van der Waals surface area contributed by atoms with Gasteiger partial charge in [0.1, 0.15) is 6.54 Å². The quantitative estimate of drug-likeness (QED) is 0.862. The van der Waals surface area contributed by atoms with E-state index in [1.54, 1.807) is 32.0 Å². The Morgan fingerprint density at radius 1 is 1.22 bits per heavy atom. The van der Waals surface area contributed by atoms with Crippen LogP contribution in [0, 0.1) is 5.92 Å². The standard InChI is InChI=1S/C14H15Cl2N5O2/c1-8(2)14(23)17-11-6-21(20-19-11)7-12(22)18-13-9(15)4-3-5-10(13)16/h3-6,8H,7H2,1-2H3,(H,17,23)(H,18,22). The molecule has 0 radical (unpaired) electrons. The highest BCUT2D eigenvalue weighted by molar-refractivity contribution is 6.39. The highest BCUT2D eigenvalue weighted by atomic mass is 35.5. The van der Waals surface area contributed by atoms with E-state index in [2.05, 4.69) is 20.9 Å². The van der Waals surface area contributed by atoms with Crippen LogP contribution in [-0.4, -0.2) is 26.8 Å². The molecule has 122 valence electrons. The number of anilines is 2. The van der Waals surface area contributed by atoms with Crippen LogP contribution in [0.4, 0.5) is 11.5 Å². The molecule has 0 fully saturated rings. The third-order valence-corrected chi connectivity index (χ3v) is 3.48. The molecular formula is C14H15Cl2N5O2. The Balaban J connectivity index is 1.98. The van der Waals surface area contributed by atoms with Gasteiger partial charge in [-0.2, -0.15) is 0 Å². The van der Waals surface area contributed by atoms with Crippen molar-refractivity contribution in [3.8, 4) is 0 Å². The summed E-state index contributed by atoms with van der Waals surface area (Å²) in [4.78, 5) is 23.6. The summed E-state index contributed by atoms with van der Waals surface area (Å²) in [6.45, 7) is 3.44. The molecule has 0 atom stereocenters. The minimum Gasteiger partial charge on any atom is -0.322 e. The zero-order valence-corrected chi connectivity index (χ0v) is 14.0. The highest BCUT2D eigenvalue weighted by Crippen LogP contribution is 2.29. The molecule has 23 heavy (non-hydrogen) atoms. The topological polar surface area (TPSA) is 88.9 Å². The van der Waals surface area contributed by atoms with Crippen LogP contribution in [0.5, 0.6) is 0 Å². The average molecular weight is 356 g/mol. The number of nitrogens with one attached hydrogen (secondary N) is 2.